The first-order chi connectivity index (χ1) is 47.8. The molecule has 0 spiro atoms. The zero-order valence-corrected chi connectivity index (χ0v) is 60.1. The SMILES string of the molecule is CC.CC(C)(C)OC(=O)N1CCN(c2nc3ccccc3nc2Cl)CC1.Cc1ccc2c(c1)nc(N1CCN(C(=O)OC(C)(C)C)CC1)c1nnnn12.Cc1ccc2nc(N3CCN(C(=O)OC(C)(C)C)CC3)c3nnnn3c2c1.Cc1ccc2nc(N3CCNCC3)c3nnnn3c2c1. The molecule has 0 radical (unpaired) electrons. The van der Waals surface area contributed by atoms with Crippen molar-refractivity contribution in [1.29, 1.82) is 0 Å². The average molecular weight is 1390 g/mol. The third kappa shape index (κ3) is 16.7. The molecule has 0 atom stereocenters. The van der Waals surface area contributed by atoms with E-state index >= 15 is 0 Å². The van der Waals surface area contributed by atoms with E-state index in [1.165, 1.54) is 5.56 Å². The number of amides is 3. The molecule has 4 aromatic carbocycles. The van der Waals surface area contributed by atoms with Crippen LogP contribution in [0.1, 0.15) is 92.9 Å². The summed E-state index contributed by atoms with van der Waals surface area (Å²) in [7, 11) is 0. The number of piperazine rings is 4. The molecule has 31 nitrogen and oxygen atoms in total. The molecule has 100 heavy (non-hydrogen) atoms. The predicted octanol–water partition coefficient (Wildman–Crippen LogP) is 8.83. The van der Waals surface area contributed by atoms with E-state index < -0.39 is 16.8 Å². The summed E-state index contributed by atoms with van der Waals surface area (Å²) >= 11 is 6.30. The second kappa shape index (κ2) is 30.0. The van der Waals surface area contributed by atoms with Gasteiger partial charge in [-0.1, -0.05) is 55.8 Å². The van der Waals surface area contributed by atoms with Gasteiger partial charge in [-0.15, -0.1) is 15.3 Å². The molecule has 4 aliphatic rings. The molecule has 0 unspecified atom stereocenters. The Morgan fingerprint density at radius 3 is 1.12 bits per heavy atom. The van der Waals surface area contributed by atoms with E-state index in [2.05, 4.69) is 101 Å². The van der Waals surface area contributed by atoms with Crippen molar-refractivity contribution in [2.75, 3.05) is 124 Å². The largest absolute Gasteiger partial charge is 0.444 e. The number of carbonyl (C=O) groups is 3. The van der Waals surface area contributed by atoms with Crippen molar-refractivity contribution in [2.45, 2.75) is 114 Å². The molecule has 32 heteroatoms. The Balaban J connectivity index is 0.000000134. The maximum absolute atomic E-state index is 12.3. The van der Waals surface area contributed by atoms with Crippen LogP contribution in [0.3, 0.4) is 0 Å². The van der Waals surface area contributed by atoms with Crippen LogP contribution in [0.4, 0.5) is 37.7 Å². The Morgan fingerprint density at radius 1 is 0.390 bits per heavy atom. The lowest BCUT2D eigenvalue weighted by Crippen LogP contribution is -2.50. The minimum Gasteiger partial charge on any atom is -0.444 e. The van der Waals surface area contributed by atoms with Crippen LogP contribution in [0.5, 0.6) is 0 Å². The Hall–Kier alpha value is -10.3. The molecule has 7 aromatic heterocycles. The first-order valence-electron chi connectivity index (χ1n) is 33.8. The number of carbonyl (C=O) groups excluding carboxylic acids is 3. The van der Waals surface area contributed by atoms with Gasteiger partial charge < -0.3 is 53.8 Å². The molecule has 4 fully saturated rings. The monoisotopic (exact) mass is 1390 g/mol. The number of aryl methyl sites for hydroxylation is 3. The third-order valence-electron chi connectivity index (χ3n) is 16.4. The molecule has 11 aromatic rings. The van der Waals surface area contributed by atoms with E-state index in [9.17, 15) is 14.4 Å². The number of hydrogen-bond acceptors (Lipinski definition) is 25. The van der Waals surface area contributed by atoms with Gasteiger partial charge in [-0.05, 0) is 180 Å². The molecule has 11 heterocycles. The third-order valence-corrected chi connectivity index (χ3v) is 16.6. The van der Waals surface area contributed by atoms with Crippen molar-refractivity contribution in [3.63, 3.8) is 0 Å². The second-order valence-corrected chi connectivity index (χ2v) is 27.8. The van der Waals surface area contributed by atoms with Gasteiger partial charge in [0.1, 0.15) is 16.8 Å². The highest BCUT2D eigenvalue weighted by molar-refractivity contribution is 6.32. The fourth-order valence-electron chi connectivity index (χ4n) is 11.6. The van der Waals surface area contributed by atoms with Gasteiger partial charge in [0.15, 0.2) is 28.4 Å². The van der Waals surface area contributed by atoms with Crippen LogP contribution in [0.25, 0.3) is 61.1 Å². The average Bonchev–Trinajstić information content (AvgIpc) is 1.49. The normalized spacial score (nSPS) is 15.4. The molecule has 0 aliphatic carbocycles. The van der Waals surface area contributed by atoms with Crippen LogP contribution in [-0.4, -0.2) is 240 Å². The van der Waals surface area contributed by atoms with Gasteiger partial charge in [0, 0.05) is 105 Å². The summed E-state index contributed by atoms with van der Waals surface area (Å²) in [5.41, 5.74) is 10.8. The van der Waals surface area contributed by atoms with E-state index in [-0.39, 0.29) is 18.3 Å². The number of rotatable bonds is 4. The Kier molecular flexibility index (Phi) is 21.3. The van der Waals surface area contributed by atoms with Crippen LogP contribution in [-0.2, 0) is 14.2 Å². The number of nitrogens with zero attached hydrogens (tertiary/aromatic N) is 24. The fourth-order valence-corrected chi connectivity index (χ4v) is 11.9. The summed E-state index contributed by atoms with van der Waals surface area (Å²) in [6, 6.07) is 25.8. The topological polar surface area (TPSA) is 307 Å². The molecule has 3 amide bonds. The van der Waals surface area contributed by atoms with Gasteiger partial charge in [-0.2, -0.15) is 13.5 Å². The van der Waals surface area contributed by atoms with Gasteiger partial charge in [0.05, 0.1) is 44.1 Å². The lowest BCUT2D eigenvalue weighted by atomic mass is 10.2. The summed E-state index contributed by atoms with van der Waals surface area (Å²) in [6.07, 6.45) is -0.838. The van der Waals surface area contributed by atoms with Crippen molar-refractivity contribution >= 4 is 114 Å². The second-order valence-electron chi connectivity index (χ2n) is 27.5. The standard InChI is InChI=1S/2C18H23N7O2.C17H21ClN4O2.C13H15N7.C2H6/c1-12-5-6-14-13(11-12)19-15(16-20-21-22-25(14)16)23-7-9-24(10-8-23)17(26)27-18(2,3)4;1-12-5-6-13-14(11-12)25-16(20-21-22-25)15(19-13)23-7-9-24(10-8-23)17(26)27-18(2,3)4;1-17(2,3)24-16(23)22-10-8-21(9-11-22)15-14(18)19-12-6-4-5-7-13(12)20-15;1-9-2-3-10-11(8-9)20-13(16-17-18-20)12(15-10)19-6-4-14-5-7-19;1-2/h2*5-6,11H,7-10H2,1-4H3;4-7H,8-11H2,1-3H3;2-3,8,14H,4-7H2,1H3;1-2H3. The summed E-state index contributed by atoms with van der Waals surface area (Å²) in [6.45, 7) is 38.0. The van der Waals surface area contributed by atoms with E-state index in [1.807, 2.05) is 157 Å². The summed E-state index contributed by atoms with van der Waals surface area (Å²) in [5, 5.41) is 40.1. The fraction of sp³-hybridized carbons (Fsp3) is 0.485. The molecule has 4 aliphatic heterocycles. The number of anilines is 4. The summed E-state index contributed by atoms with van der Waals surface area (Å²) in [5.74, 6) is 3.01. The molecule has 0 bridgehead atoms. The Labute approximate surface area is 584 Å². The van der Waals surface area contributed by atoms with Crippen LogP contribution < -0.4 is 24.9 Å². The molecular weight excluding hydrogens is 1300 g/mol. The molecule has 15 rings (SSSR count). The number of benzene rings is 4. The summed E-state index contributed by atoms with van der Waals surface area (Å²) < 4.78 is 21.6. The van der Waals surface area contributed by atoms with Crippen LogP contribution >= 0.6 is 11.6 Å². The van der Waals surface area contributed by atoms with Crippen LogP contribution in [0.2, 0.25) is 5.15 Å². The zero-order valence-electron chi connectivity index (χ0n) is 59.4. The minimum absolute atomic E-state index is 0.279. The van der Waals surface area contributed by atoms with E-state index in [0.29, 0.717) is 101 Å². The number of fused-ring (bicyclic) bond motifs is 10. The van der Waals surface area contributed by atoms with Gasteiger partial charge in [-0.25, -0.2) is 39.3 Å². The van der Waals surface area contributed by atoms with Gasteiger partial charge in [0.2, 0.25) is 16.9 Å². The summed E-state index contributed by atoms with van der Waals surface area (Å²) in [4.78, 5) is 73.8. The number of halogens is 1. The highest BCUT2D eigenvalue weighted by Gasteiger charge is 2.32. The van der Waals surface area contributed by atoms with E-state index in [0.717, 1.165) is 105 Å². The quantitative estimate of drug-likeness (QED) is 0.161. The van der Waals surface area contributed by atoms with Crippen LogP contribution in [0.15, 0.2) is 78.9 Å². The molecular formula is C68H88ClN25O6. The number of nitrogens with one attached hydrogen (secondary N) is 1. The Morgan fingerprint density at radius 2 is 0.720 bits per heavy atom. The number of tetrazole rings is 3. The van der Waals surface area contributed by atoms with Crippen molar-refractivity contribution in [1.82, 2.24) is 105 Å². The smallest absolute Gasteiger partial charge is 0.410 e. The van der Waals surface area contributed by atoms with Crippen molar-refractivity contribution in [2.24, 2.45) is 0 Å². The van der Waals surface area contributed by atoms with Gasteiger partial charge in [-0.3, -0.25) is 0 Å². The first-order valence-corrected chi connectivity index (χ1v) is 34.2. The molecule has 528 valence electrons. The number of ether oxygens (including phenoxy) is 3. The van der Waals surface area contributed by atoms with Crippen molar-refractivity contribution in [3.8, 4) is 0 Å². The number of aromatic nitrogens is 17. The lowest BCUT2D eigenvalue weighted by Gasteiger charge is -2.36. The lowest BCUT2D eigenvalue weighted by molar-refractivity contribution is 0.0230. The van der Waals surface area contributed by atoms with Crippen LogP contribution in [0, 0.1) is 20.8 Å². The zero-order chi connectivity index (χ0) is 71.2. The predicted molar refractivity (Wildman–Crippen MR) is 383 cm³/mol. The molecule has 1 N–H and O–H groups in total. The highest BCUT2D eigenvalue weighted by Crippen LogP contribution is 2.30. The van der Waals surface area contributed by atoms with Crippen molar-refractivity contribution < 1.29 is 28.6 Å². The number of para-hydroxylation sites is 2. The Bertz CT molecular complexity index is 4710. The van der Waals surface area contributed by atoms with Gasteiger partial charge >= 0.3 is 18.3 Å². The molecule has 0 saturated carbocycles. The van der Waals surface area contributed by atoms with Crippen molar-refractivity contribution in [3.05, 3.63) is 101 Å². The number of hydrogen-bond donors (Lipinski definition) is 1. The maximum Gasteiger partial charge on any atom is 0.410 e. The minimum atomic E-state index is -0.495. The van der Waals surface area contributed by atoms with Gasteiger partial charge in [0.25, 0.3) is 0 Å². The molecule has 4 saturated heterocycles. The highest BCUT2D eigenvalue weighted by atomic mass is 35.5. The van der Waals surface area contributed by atoms with E-state index in [1.54, 1.807) is 28.2 Å². The maximum atomic E-state index is 12.3. The van der Waals surface area contributed by atoms with E-state index in [4.69, 9.17) is 40.8 Å². The first kappa shape index (κ1) is 71.0.